The van der Waals surface area contributed by atoms with Crippen LogP contribution in [0.1, 0.15) is 32.1 Å². The summed E-state index contributed by atoms with van der Waals surface area (Å²) >= 11 is 0. The van der Waals surface area contributed by atoms with E-state index in [1.807, 2.05) is 0 Å². The minimum absolute atomic E-state index is 0.631. The Hall–Kier alpha value is -0.123. The molecular weight excluding hydrogens is 156 g/mol. The zero-order chi connectivity index (χ0) is 8.10. The van der Waals surface area contributed by atoms with Crippen LogP contribution in [0, 0.1) is 0 Å². The molecule has 11 heavy (non-hydrogen) atoms. The van der Waals surface area contributed by atoms with Crippen molar-refractivity contribution < 1.29 is 9.59 Å². The van der Waals surface area contributed by atoms with Gasteiger partial charge in [-0.1, -0.05) is 11.6 Å². The molecule has 0 heterocycles. The Kier molecular flexibility index (Phi) is 3.83. The number of hydrogen-bond donors (Lipinski definition) is 2. The summed E-state index contributed by atoms with van der Waals surface area (Å²) in [6.45, 7) is 0. The first-order valence-electron chi connectivity index (χ1n) is 4.33. The lowest BCUT2D eigenvalue weighted by atomic mass is 9.98. The molecule has 64 valence electrons. The smallest absolute Gasteiger partial charge is 0.316 e. The van der Waals surface area contributed by atoms with Crippen molar-refractivity contribution in [1.82, 2.24) is 0 Å². The van der Waals surface area contributed by atoms with Gasteiger partial charge in [0.15, 0.2) is 0 Å². The molecule has 0 radical (unpaired) electrons. The molecule has 1 rings (SSSR count). The summed E-state index contributed by atoms with van der Waals surface area (Å²) in [5.41, 5.74) is 1.44. The Labute approximate surface area is 69.4 Å². The first-order valence-corrected chi connectivity index (χ1v) is 6.18. The highest BCUT2D eigenvalue weighted by Crippen LogP contribution is 2.21. The molecule has 0 saturated heterocycles. The first kappa shape index (κ1) is 8.97. The van der Waals surface area contributed by atoms with Gasteiger partial charge in [-0.2, -0.15) is 0 Å². The molecule has 2 N–H and O–H groups in total. The second-order valence-corrected chi connectivity index (χ2v) is 4.67. The standard InChI is InChI=1S/C8H16O2Si/c9-11(10)7-6-8-4-2-1-3-5-8/h4,9-11H,1-3,5-7H2. The SMILES string of the molecule is O[SiH](O)CCC1=CCCCC1. The highest BCUT2D eigenvalue weighted by atomic mass is 28.3. The Morgan fingerprint density at radius 3 is 2.73 bits per heavy atom. The largest absolute Gasteiger partial charge is 0.413 e. The fourth-order valence-electron chi connectivity index (χ4n) is 1.45. The summed E-state index contributed by atoms with van der Waals surface area (Å²) in [5.74, 6) is 0. The van der Waals surface area contributed by atoms with Crippen molar-refractivity contribution in [2.45, 2.75) is 38.1 Å². The van der Waals surface area contributed by atoms with Gasteiger partial charge in [0.05, 0.1) is 0 Å². The second-order valence-electron chi connectivity index (χ2n) is 3.13. The Morgan fingerprint density at radius 2 is 2.18 bits per heavy atom. The van der Waals surface area contributed by atoms with Gasteiger partial charge in [-0.05, 0) is 38.1 Å². The zero-order valence-corrected chi connectivity index (χ0v) is 7.95. The molecule has 0 aliphatic heterocycles. The lowest BCUT2D eigenvalue weighted by molar-refractivity contribution is 0.404. The van der Waals surface area contributed by atoms with Crippen molar-refractivity contribution in [3.8, 4) is 0 Å². The van der Waals surface area contributed by atoms with Crippen molar-refractivity contribution in [3.05, 3.63) is 11.6 Å². The molecule has 0 spiro atoms. The lowest BCUT2D eigenvalue weighted by Gasteiger charge is -2.11. The van der Waals surface area contributed by atoms with Crippen LogP contribution in [-0.2, 0) is 0 Å². The molecule has 0 atom stereocenters. The molecule has 0 aromatic carbocycles. The molecule has 2 nitrogen and oxygen atoms in total. The van der Waals surface area contributed by atoms with Crippen LogP contribution in [0.3, 0.4) is 0 Å². The normalized spacial score (nSPS) is 18.6. The van der Waals surface area contributed by atoms with Gasteiger partial charge in [-0.15, -0.1) is 0 Å². The maximum Gasteiger partial charge on any atom is 0.316 e. The monoisotopic (exact) mass is 172 g/mol. The summed E-state index contributed by atoms with van der Waals surface area (Å²) in [6.07, 6.45) is 8.15. The maximum atomic E-state index is 8.75. The third-order valence-electron chi connectivity index (χ3n) is 2.11. The van der Waals surface area contributed by atoms with E-state index in [4.69, 9.17) is 9.59 Å². The van der Waals surface area contributed by atoms with Crippen LogP contribution in [0.15, 0.2) is 11.6 Å². The molecule has 3 heteroatoms. The van der Waals surface area contributed by atoms with Crippen LogP contribution in [0.4, 0.5) is 0 Å². The molecule has 0 saturated carbocycles. The van der Waals surface area contributed by atoms with Gasteiger partial charge < -0.3 is 9.59 Å². The average molecular weight is 172 g/mol. The van der Waals surface area contributed by atoms with Crippen LogP contribution in [-0.4, -0.2) is 18.9 Å². The van der Waals surface area contributed by atoms with E-state index in [-0.39, 0.29) is 0 Å². The summed E-state index contributed by atoms with van der Waals surface area (Å²) in [7, 11) is -2.28. The van der Waals surface area contributed by atoms with E-state index < -0.39 is 9.28 Å². The van der Waals surface area contributed by atoms with Crippen molar-refractivity contribution in [2.75, 3.05) is 0 Å². The molecule has 0 amide bonds. The van der Waals surface area contributed by atoms with Gasteiger partial charge in [0.1, 0.15) is 0 Å². The van der Waals surface area contributed by atoms with Crippen LogP contribution in [0.2, 0.25) is 6.04 Å². The first-order chi connectivity index (χ1) is 5.29. The van der Waals surface area contributed by atoms with Crippen LogP contribution >= 0.6 is 0 Å². The van der Waals surface area contributed by atoms with Gasteiger partial charge in [0.25, 0.3) is 0 Å². The predicted molar refractivity (Wildman–Crippen MR) is 47.6 cm³/mol. The molecule has 0 fully saturated rings. The highest BCUT2D eigenvalue weighted by Gasteiger charge is 2.06. The van der Waals surface area contributed by atoms with Crippen LogP contribution < -0.4 is 0 Å². The van der Waals surface area contributed by atoms with E-state index in [0.29, 0.717) is 6.04 Å². The van der Waals surface area contributed by atoms with Crippen molar-refractivity contribution in [3.63, 3.8) is 0 Å². The fraction of sp³-hybridized carbons (Fsp3) is 0.750. The molecule has 0 unspecified atom stereocenters. The molecule has 0 aromatic rings. The molecular formula is C8H16O2Si. The average Bonchev–Trinajstić information content (AvgIpc) is 2.03. The van der Waals surface area contributed by atoms with Crippen molar-refractivity contribution >= 4 is 9.28 Å². The third-order valence-corrected chi connectivity index (χ3v) is 2.91. The summed E-state index contributed by atoms with van der Waals surface area (Å²) in [4.78, 5) is 17.5. The minimum Gasteiger partial charge on any atom is -0.413 e. The molecule has 1 aliphatic rings. The summed E-state index contributed by atoms with van der Waals surface area (Å²) in [5, 5.41) is 0. The van der Waals surface area contributed by atoms with E-state index in [1.165, 1.54) is 31.3 Å². The van der Waals surface area contributed by atoms with Crippen LogP contribution in [0.5, 0.6) is 0 Å². The van der Waals surface area contributed by atoms with Gasteiger partial charge in [-0.25, -0.2) is 0 Å². The van der Waals surface area contributed by atoms with Crippen molar-refractivity contribution in [1.29, 1.82) is 0 Å². The van der Waals surface area contributed by atoms with Gasteiger partial charge in [0.2, 0.25) is 0 Å². The number of hydrogen-bond acceptors (Lipinski definition) is 2. The molecule has 1 aliphatic carbocycles. The Morgan fingerprint density at radius 1 is 1.36 bits per heavy atom. The van der Waals surface area contributed by atoms with Gasteiger partial charge >= 0.3 is 9.28 Å². The molecule has 0 aromatic heterocycles. The quantitative estimate of drug-likeness (QED) is 0.494. The van der Waals surface area contributed by atoms with E-state index >= 15 is 0 Å². The van der Waals surface area contributed by atoms with Gasteiger partial charge in [-0.3, -0.25) is 0 Å². The Bertz CT molecular complexity index is 143. The zero-order valence-electron chi connectivity index (χ0n) is 6.79. The minimum atomic E-state index is -2.28. The van der Waals surface area contributed by atoms with E-state index in [9.17, 15) is 0 Å². The number of rotatable bonds is 3. The summed E-state index contributed by atoms with van der Waals surface area (Å²) < 4.78 is 0. The highest BCUT2D eigenvalue weighted by molar-refractivity contribution is 6.41. The maximum absolute atomic E-state index is 8.75. The van der Waals surface area contributed by atoms with E-state index in [0.717, 1.165) is 6.42 Å². The Balaban J connectivity index is 2.19. The van der Waals surface area contributed by atoms with Crippen LogP contribution in [0.25, 0.3) is 0 Å². The second kappa shape index (κ2) is 4.69. The van der Waals surface area contributed by atoms with Gasteiger partial charge in [0, 0.05) is 0 Å². The molecule has 0 bridgehead atoms. The topological polar surface area (TPSA) is 40.5 Å². The fourth-order valence-corrected chi connectivity index (χ4v) is 2.08. The van der Waals surface area contributed by atoms with Crippen molar-refractivity contribution in [2.24, 2.45) is 0 Å². The predicted octanol–water partition coefficient (Wildman–Crippen LogP) is 1.08. The number of allylic oxidation sites excluding steroid dienone is 2. The lowest BCUT2D eigenvalue weighted by Crippen LogP contribution is -2.10. The third kappa shape index (κ3) is 3.70. The van der Waals surface area contributed by atoms with E-state index in [2.05, 4.69) is 6.08 Å². The summed E-state index contributed by atoms with van der Waals surface area (Å²) in [6, 6.07) is 0.631. The van der Waals surface area contributed by atoms with E-state index in [1.54, 1.807) is 0 Å².